The number of hydrogen-bond acceptors (Lipinski definition) is 2. The summed E-state index contributed by atoms with van der Waals surface area (Å²) >= 11 is 2.21. The molecule has 1 amide bonds. The van der Waals surface area contributed by atoms with Gasteiger partial charge in [-0.1, -0.05) is 18.2 Å². The van der Waals surface area contributed by atoms with Gasteiger partial charge in [0.2, 0.25) is 0 Å². The van der Waals surface area contributed by atoms with Crippen LogP contribution in [-0.2, 0) is 0 Å². The Labute approximate surface area is 136 Å². The monoisotopic (exact) mass is 388 g/mol. The van der Waals surface area contributed by atoms with E-state index in [4.69, 9.17) is 0 Å². The molecule has 1 aromatic heterocycles. The molecule has 0 bridgehead atoms. The van der Waals surface area contributed by atoms with E-state index in [-0.39, 0.29) is 5.91 Å². The van der Waals surface area contributed by atoms with Crippen LogP contribution in [0.15, 0.2) is 54.7 Å². The van der Waals surface area contributed by atoms with Crippen molar-refractivity contribution in [2.75, 3.05) is 5.32 Å². The van der Waals surface area contributed by atoms with Crippen LogP contribution in [0.1, 0.15) is 15.9 Å². The van der Waals surface area contributed by atoms with Gasteiger partial charge in [-0.25, -0.2) is 0 Å². The minimum absolute atomic E-state index is 0.0977. The maximum absolute atomic E-state index is 12.5. The summed E-state index contributed by atoms with van der Waals surface area (Å²) < 4.78 is 0.978. The first kappa shape index (κ1) is 14.0. The van der Waals surface area contributed by atoms with Crippen LogP contribution in [0.3, 0.4) is 0 Å². The van der Waals surface area contributed by atoms with Crippen molar-refractivity contribution in [3.8, 4) is 0 Å². The van der Waals surface area contributed by atoms with Crippen molar-refractivity contribution in [1.29, 1.82) is 0 Å². The summed E-state index contributed by atoms with van der Waals surface area (Å²) in [6.07, 6.45) is 1.75. The van der Waals surface area contributed by atoms with E-state index < -0.39 is 0 Å². The van der Waals surface area contributed by atoms with Gasteiger partial charge in [-0.3, -0.25) is 9.78 Å². The first-order valence-corrected chi connectivity index (χ1v) is 7.65. The lowest BCUT2D eigenvalue weighted by atomic mass is 10.1. The van der Waals surface area contributed by atoms with E-state index in [1.165, 1.54) is 0 Å². The predicted molar refractivity (Wildman–Crippen MR) is 93.6 cm³/mol. The van der Waals surface area contributed by atoms with Gasteiger partial charge in [0.25, 0.3) is 5.91 Å². The number of anilines is 1. The molecule has 1 heterocycles. The molecule has 0 aliphatic carbocycles. The zero-order chi connectivity index (χ0) is 14.8. The van der Waals surface area contributed by atoms with Gasteiger partial charge in [0, 0.05) is 15.2 Å². The lowest BCUT2D eigenvalue weighted by Crippen LogP contribution is -2.14. The van der Waals surface area contributed by atoms with Gasteiger partial charge in [0.05, 0.1) is 16.8 Å². The number of fused-ring (bicyclic) bond motifs is 1. The van der Waals surface area contributed by atoms with Gasteiger partial charge in [-0.15, -0.1) is 0 Å². The maximum atomic E-state index is 12.5. The molecule has 21 heavy (non-hydrogen) atoms. The van der Waals surface area contributed by atoms with Crippen LogP contribution in [0.5, 0.6) is 0 Å². The summed E-state index contributed by atoms with van der Waals surface area (Å²) in [5.41, 5.74) is 3.44. The molecule has 0 radical (unpaired) electrons. The Morgan fingerprint density at radius 3 is 2.76 bits per heavy atom. The summed E-state index contributed by atoms with van der Waals surface area (Å²) in [7, 11) is 0. The highest BCUT2D eigenvalue weighted by molar-refractivity contribution is 14.1. The smallest absolute Gasteiger partial charge is 0.256 e. The second-order valence-electron chi connectivity index (χ2n) is 4.77. The summed E-state index contributed by atoms with van der Waals surface area (Å²) in [5, 5.41) is 3.93. The normalized spacial score (nSPS) is 10.6. The van der Waals surface area contributed by atoms with Crippen molar-refractivity contribution in [1.82, 2.24) is 4.98 Å². The Hall–Kier alpha value is -1.95. The fourth-order valence-corrected chi connectivity index (χ4v) is 2.83. The molecule has 104 valence electrons. The number of carbonyl (C=O) groups is 1. The second-order valence-corrected chi connectivity index (χ2v) is 5.84. The van der Waals surface area contributed by atoms with E-state index >= 15 is 0 Å². The number of aryl methyl sites for hydroxylation is 1. The zero-order valence-corrected chi connectivity index (χ0v) is 13.6. The molecule has 0 saturated carbocycles. The third-order valence-corrected chi connectivity index (χ3v) is 4.76. The van der Waals surface area contributed by atoms with Crippen molar-refractivity contribution < 1.29 is 4.79 Å². The third kappa shape index (κ3) is 2.76. The molecule has 0 spiro atoms. The van der Waals surface area contributed by atoms with E-state index in [1.54, 1.807) is 6.20 Å². The van der Waals surface area contributed by atoms with Gasteiger partial charge < -0.3 is 5.32 Å². The van der Waals surface area contributed by atoms with Crippen molar-refractivity contribution in [3.05, 3.63) is 69.4 Å². The number of nitrogens with zero attached hydrogens (tertiary/aromatic N) is 1. The minimum atomic E-state index is -0.0977. The van der Waals surface area contributed by atoms with Crippen LogP contribution in [0, 0.1) is 10.5 Å². The molecule has 0 unspecified atom stereocenters. The molecule has 0 aliphatic rings. The molecular formula is C17H13IN2O. The first-order valence-electron chi connectivity index (χ1n) is 6.57. The number of rotatable bonds is 2. The number of nitrogens with one attached hydrogen (secondary N) is 1. The second kappa shape index (κ2) is 5.81. The van der Waals surface area contributed by atoms with Gasteiger partial charge in [0.15, 0.2) is 0 Å². The summed E-state index contributed by atoms with van der Waals surface area (Å²) in [6.45, 7) is 2.00. The van der Waals surface area contributed by atoms with Crippen LogP contribution < -0.4 is 5.32 Å². The van der Waals surface area contributed by atoms with Crippen LogP contribution in [0.25, 0.3) is 10.9 Å². The Morgan fingerprint density at radius 1 is 1.10 bits per heavy atom. The first-order chi connectivity index (χ1) is 10.2. The summed E-state index contributed by atoms with van der Waals surface area (Å²) in [4.78, 5) is 16.8. The molecular weight excluding hydrogens is 375 g/mol. The predicted octanol–water partition coefficient (Wildman–Crippen LogP) is 4.40. The van der Waals surface area contributed by atoms with Crippen LogP contribution in [0.4, 0.5) is 5.69 Å². The number of hydrogen-bond donors (Lipinski definition) is 1. The average molecular weight is 388 g/mol. The molecule has 3 nitrogen and oxygen atoms in total. The van der Waals surface area contributed by atoms with Crippen LogP contribution in [0.2, 0.25) is 0 Å². The SMILES string of the molecule is Cc1cccc(C(=O)Nc2cccc3ncccc23)c1I. The summed E-state index contributed by atoms with van der Waals surface area (Å²) in [5.74, 6) is -0.0977. The number of aromatic nitrogens is 1. The molecule has 3 rings (SSSR count). The molecule has 0 saturated heterocycles. The molecule has 1 N–H and O–H groups in total. The highest BCUT2D eigenvalue weighted by Gasteiger charge is 2.12. The largest absolute Gasteiger partial charge is 0.321 e. The van der Waals surface area contributed by atoms with Crippen molar-refractivity contribution in [2.24, 2.45) is 0 Å². The van der Waals surface area contributed by atoms with Gasteiger partial charge >= 0.3 is 0 Å². The number of pyridine rings is 1. The highest BCUT2D eigenvalue weighted by Crippen LogP contribution is 2.23. The minimum Gasteiger partial charge on any atom is -0.321 e. The Balaban J connectivity index is 1.99. The van der Waals surface area contributed by atoms with Crippen molar-refractivity contribution in [3.63, 3.8) is 0 Å². The lowest BCUT2D eigenvalue weighted by Gasteiger charge is -2.10. The van der Waals surface area contributed by atoms with E-state index in [9.17, 15) is 4.79 Å². The van der Waals surface area contributed by atoms with E-state index in [2.05, 4.69) is 32.9 Å². The highest BCUT2D eigenvalue weighted by atomic mass is 127. The Bertz CT molecular complexity index is 825. The summed E-state index contributed by atoms with van der Waals surface area (Å²) in [6, 6.07) is 15.3. The Kier molecular flexibility index (Phi) is 3.88. The molecule has 0 fully saturated rings. The van der Waals surface area contributed by atoms with E-state index in [0.717, 1.165) is 25.7 Å². The molecule has 0 aliphatic heterocycles. The molecule has 2 aromatic carbocycles. The third-order valence-electron chi connectivity index (χ3n) is 3.33. The number of benzene rings is 2. The fraction of sp³-hybridized carbons (Fsp3) is 0.0588. The zero-order valence-electron chi connectivity index (χ0n) is 11.4. The van der Waals surface area contributed by atoms with Gasteiger partial charge in [-0.2, -0.15) is 0 Å². The van der Waals surface area contributed by atoms with Crippen LogP contribution in [-0.4, -0.2) is 10.9 Å². The molecule has 3 aromatic rings. The standard InChI is InChI=1S/C17H13IN2O/c1-11-5-2-6-13(16(11)18)17(21)20-15-9-3-8-14-12(15)7-4-10-19-14/h2-10H,1H3,(H,20,21). The Morgan fingerprint density at radius 2 is 1.90 bits per heavy atom. The maximum Gasteiger partial charge on any atom is 0.256 e. The van der Waals surface area contributed by atoms with Crippen LogP contribution >= 0.6 is 22.6 Å². The quantitative estimate of drug-likeness (QED) is 0.662. The van der Waals surface area contributed by atoms with Gasteiger partial charge in [0.1, 0.15) is 0 Å². The number of carbonyl (C=O) groups excluding carboxylic acids is 1. The van der Waals surface area contributed by atoms with Crippen molar-refractivity contribution >= 4 is 45.1 Å². The topological polar surface area (TPSA) is 42.0 Å². The number of amides is 1. The molecule has 0 atom stereocenters. The van der Waals surface area contributed by atoms with E-state index in [0.29, 0.717) is 5.56 Å². The lowest BCUT2D eigenvalue weighted by molar-refractivity contribution is 0.102. The van der Waals surface area contributed by atoms with Crippen molar-refractivity contribution in [2.45, 2.75) is 6.92 Å². The molecule has 4 heteroatoms. The van der Waals surface area contributed by atoms with Gasteiger partial charge in [-0.05, 0) is 65.4 Å². The fourth-order valence-electron chi connectivity index (χ4n) is 2.22. The number of halogens is 1. The average Bonchev–Trinajstić information content (AvgIpc) is 2.50. The van der Waals surface area contributed by atoms with E-state index in [1.807, 2.05) is 55.5 Å².